The quantitative estimate of drug-likeness (QED) is 0.792. The molecule has 5 nitrogen and oxygen atoms in total. The molecule has 3 N–H and O–H groups in total. The second-order valence-electron chi connectivity index (χ2n) is 6.21. The van der Waals surface area contributed by atoms with Crippen LogP contribution in [0, 0.1) is 0 Å². The number of aliphatic hydroxyl groups excluding tert-OH is 1. The van der Waals surface area contributed by atoms with Crippen LogP contribution >= 0.6 is 0 Å². The minimum absolute atomic E-state index is 0.0158. The van der Waals surface area contributed by atoms with E-state index < -0.39 is 17.3 Å². The highest BCUT2D eigenvalue weighted by Gasteiger charge is 2.34. The number of nitrogens with one attached hydrogen (secondary N) is 2. The molecule has 0 bridgehead atoms. The Balaban J connectivity index is 1.90. The fraction of sp³-hybridized carbons (Fsp3) is 0.412. The van der Waals surface area contributed by atoms with E-state index >= 15 is 0 Å². The molecule has 0 atom stereocenters. The van der Waals surface area contributed by atoms with Gasteiger partial charge in [-0.05, 0) is 43.9 Å². The Morgan fingerprint density at radius 1 is 1.12 bits per heavy atom. The normalized spacial score (nSPS) is 21.1. The van der Waals surface area contributed by atoms with Gasteiger partial charge >= 0.3 is 6.18 Å². The first-order valence-electron chi connectivity index (χ1n) is 8.05. The molecule has 1 heterocycles. The van der Waals surface area contributed by atoms with Crippen LogP contribution in [0.2, 0.25) is 0 Å². The molecule has 0 aliphatic heterocycles. The predicted molar refractivity (Wildman–Crippen MR) is 87.2 cm³/mol. The summed E-state index contributed by atoms with van der Waals surface area (Å²) in [5, 5.41) is 18.5. The van der Waals surface area contributed by atoms with Crippen LogP contribution in [0.15, 0.2) is 35.1 Å². The second kappa shape index (κ2) is 6.87. The predicted octanol–water partition coefficient (Wildman–Crippen LogP) is 3.17. The zero-order valence-corrected chi connectivity index (χ0v) is 13.3. The van der Waals surface area contributed by atoms with Gasteiger partial charge in [0, 0.05) is 23.4 Å². The average Bonchev–Trinajstić information content (AvgIpc) is 2.57. The Morgan fingerprint density at radius 3 is 2.44 bits per heavy atom. The third kappa shape index (κ3) is 4.19. The van der Waals surface area contributed by atoms with Crippen molar-refractivity contribution in [3.63, 3.8) is 0 Å². The summed E-state index contributed by atoms with van der Waals surface area (Å²) < 4.78 is 40.4. The van der Waals surface area contributed by atoms with Gasteiger partial charge in [0.2, 0.25) is 0 Å². The number of hydrogen-bond donors (Lipinski definition) is 3. The van der Waals surface area contributed by atoms with Gasteiger partial charge in [-0.3, -0.25) is 4.79 Å². The lowest BCUT2D eigenvalue weighted by atomic mass is 9.92. The Bertz CT molecular complexity index is 776. The smallest absolute Gasteiger partial charge is 0.393 e. The summed E-state index contributed by atoms with van der Waals surface area (Å²) >= 11 is 0. The van der Waals surface area contributed by atoms with Gasteiger partial charge in [-0.1, -0.05) is 6.07 Å². The first-order chi connectivity index (χ1) is 11.8. The number of nitrogens with zero attached hydrogens (tertiary/aromatic N) is 1. The van der Waals surface area contributed by atoms with Gasteiger partial charge in [-0.2, -0.15) is 18.3 Å². The zero-order chi connectivity index (χ0) is 18.0. The molecular formula is C17H18F3N3O2. The summed E-state index contributed by atoms with van der Waals surface area (Å²) in [4.78, 5) is 11.1. The molecule has 0 amide bonds. The van der Waals surface area contributed by atoms with E-state index in [1.807, 2.05) is 0 Å². The van der Waals surface area contributed by atoms with Crippen molar-refractivity contribution in [3.05, 3.63) is 46.2 Å². The molecule has 0 spiro atoms. The van der Waals surface area contributed by atoms with Crippen LogP contribution < -0.4 is 10.9 Å². The topological polar surface area (TPSA) is 78.0 Å². The average molecular weight is 353 g/mol. The van der Waals surface area contributed by atoms with Gasteiger partial charge < -0.3 is 10.4 Å². The molecule has 1 aromatic carbocycles. The van der Waals surface area contributed by atoms with Crippen molar-refractivity contribution in [1.82, 2.24) is 10.2 Å². The van der Waals surface area contributed by atoms with Gasteiger partial charge in [0.05, 0.1) is 17.4 Å². The van der Waals surface area contributed by atoms with Crippen molar-refractivity contribution in [2.45, 2.75) is 44.0 Å². The van der Waals surface area contributed by atoms with E-state index in [-0.39, 0.29) is 29.1 Å². The van der Waals surface area contributed by atoms with Crippen LogP contribution in [-0.2, 0) is 6.18 Å². The number of halogens is 3. The number of aliphatic hydroxyl groups is 1. The van der Waals surface area contributed by atoms with Crippen LogP contribution in [0.3, 0.4) is 0 Å². The number of alkyl halides is 3. The Hall–Kier alpha value is -2.35. The minimum Gasteiger partial charge on any atom is -0.393 e. The van der Waals surface area contributed by atoms with E-state index in [9.17, 15) is 23.1 Å². The maximum Gasteiger partial charge on any atom is 0.418 e. The lowest BCUT2D eigenvalue weighted by Crippen LogP contribution is -2.29. The summed E-state index contributed by atoms with van der Waals surface area (Å²) in [6, 6.07) is 6.45. The number of rotatable bonds is 3. The number of aromatic nitrogens is 2. The molecule has 25 heavy (non-hydrogen) atoms. The molecular weight excluding hydrogens is 335 g/mol. The molecule has 3 rings (SSSR count). The Morgan fingerprint density at radius 2 is 1.84 bits per heavy atom. The van der Waals surface area contributed by atoms with Crippen LogP contribution in [0.5, 0.6) is 0 Å². The fourth-order valence-electron chi connectivity index (χ4n) is 3.01. The first-order valence-corrected chi connectivity index (χ1v) is 8.05. The van der Waals surface area contributed by atoms with Crippen molar-refractivity contribution in [1.29, 1.82) is 0 Å². The molecule has 1 aromatic heterocycles. The van der Waals surface area contributed by atoms with Crippen molar-refractivity contribution in [3.8, 4) is 11.3 Å². The van der Waals surface area contributed by atoms with Gasteiger partial charge in [-0.25, -0.2) is 5.10 Å². The van der Waals surface area contributed by atoms with Crippen LogP contribution in [0.1, 0.15) is 31.2 Å². The standard InChI is InChI=1S/C17H18F3N3O2/c18-17(19,20)13-9-10(14-7-8-16(25)23-22-14)1-6-15(13)21-11-2-4-12(24)5-3-11/h1,6-9,11-12,21,24H,2-5H2,(H,23,25). The molecule has 0 saturated heterocycles. The summed E-state index contributed by atoms with van der Waals surface area (Å²) in [5.41, 5.74) is -0.644. The number of H-pyrrole nitrogens is 1. The lowest BCUT2D eigenvalue weighted by Gasteiger charge is -2.28. The monoisotopic (exact) mass is 353 g/mol. The van der Waals surface area contributed by atoms with E-state index in [1.54, 1.807) is 0 Å². The highest BCUT2D eigenvalue weighted by Crippen LogP contribution is 2.38. The van der Waals surface area contributed by atoms with E-state index in [1.165, 1.54) is 24.3 Å². The van der Waals surface area contributed by atoms with Crippen molar-refractivity contribution >= 4 is 5.69 Å². The summed E-state index contributed by atoms with van der Waals surface area (Å²) in [5.74, 6) is 0. The summed E-state index contributed by atoms with van der Waals surface area (Å²) in [7, 11) is 0. The number of aromatic amines is 1. The SMILES string of the molecule is O=c1ccc(-c2ccc(NC3CCC(O)CC3)c(C(F)(F)F)c2)n[nH]1. The number of anilines is 1. The second-order valence-corrected chi connectivity index (χ2v) is 6.21. The fourth-order valence-corrected chi connectivity index (χ4v) is 3.01. The molecule has 1 aliphatic rings. The summed E-state index contributed by atoms with van der Waals surface area (Å²) in [6.45, 7) is 0. The van der Waals surface area contributed by atoms with E-state index in [0.29, 0.717) is 25.7 Å². The lowest BCUT2D eigenvalue weighted by molar-refractivity contribution is -0.136. The molecule has 1 saturated carbocycles. The van der Waals surface area contributed by atoms with E-state index in [2.05, 4.69) is 15.5 Å². The highest BCUT2D eigenvalue weighted by atomic mass is 19.4. The maximum absolute atomic E-state index is 13.5. The van der Waals surface area contributed by atoms with Gasteiger partial charge in [0.15, 0.2) is 0 Å². The molecule has 8 heteroatoms. The third-order valence-electron chi connectivity index (χ3n) is 4.36. The molecule has 0 unspecified atom stereocenters. The van der Waals surface area contributed by atoms with E-state index in [4.69, 9.17) is 0 Å². The molecule has 134 valence electrons. The van der Waals surface area contributed by atoms with Crippen LogP contribution in [0.25, 0.3) is 11.3 Å². The number of benzene rings is 1. The van der Waals surface area contributed by atoms with Crippen molar-refractivity contribution in [2.75, 3.05) is 5.32 Å². The third-order valence-corrected chi connectivity index (χ3v) is 4.36. The maximum atomic E-state index is 13.5. The van der Waals surface area contributed by atoms with Gasteiger partial charge in [0.1, 0.15) is 0 Å². The zero-order valence-electron chi connectivity index (χ0n) is 13.3. The minimum atomic E-state index is -4.52. The summed E-state index contributed by atoms with van der Waals surface area (Å²) in [6.07, 6.45) is -2.47. The Labute approximate surface area is 141 Å². The van der Waals surface area contributed by atoms with Gasteiger partial charge in [-0.15, -0.1) is 0 Å². The highest BCUT2D eigenvalue weighted by molar-refractivity contribution is 5.66. The molecule has 0 radical (unpaired) electrons. The number of hydrogen-bond acceptors (Lipinski definition) is 4. The molecule has 2 aromatic rings. The Kier molecular flexibility index (Phi) is 4.80. The van der Waals surface area contributed by atoms with Gasteiger partial charge in [0.25, 0.3) is 5.56 Å². The molecule has 1 aliphatic carbocycles. The van der Waals surface area contributed by atoms with Crippen LogP contribution in [-0.4, -0.2) is 27.4 Å². The van der Waals surface area contributed by atoms with Crippen molar-refractivity contribution in [2.24, 2.45) is 0 Å². The largest absolute Gasteiger partial charge is 0.418 e. The van der Waals surface area contributed by atoms with Crippen LogP contribution in [0.4, 0.5) is 18.9 Å². The van der Waals surface area contributed by atoms with E-state index in [0.717, 1.165) is 6.07 Å². The molecule has 1 fully saturated rings. The van der Waals surface area contributed by atoms with Crippen molar-refractivity contribution < 1.29 is 18.3 Å². The first kappa shape index (κ1) is 17.5.